The average molecular weight is 351 g/mol. The Labute approximate surface area is 151 Å². The number of ether oxygens (including phenoxy) is 1. The van der Waals surface area contributed by atoms with Crippen molar-refractivity contribution in [2.24, 2.45) is 0 Å². The monoisotopic (exact) mass is 351 g/mol. The molecule has 1 fully saturated rings. The van der Waals surface area contributed by atoms with E-state index in [4.69, 9.17) is 4.74 Å². The summed E-state index contributed by atoms with van der Waals surface area (Å²) in [5.41, 5.74) is 2.83. The number of H-pyrrole nitrogens is 1. The van der Waals surface area contributed by atoms with Crippen molar-refractivity contribution in [1.29, 1.82) is 0 Å². The quantitative estimate of drug-likeness (QED) is 0.777. The van der Waals surface area contributed by atoms with Gasteiger partial charge in [-0.1, -0.05) is 18.2 Å². The van der Waals surface area contributed by atoms with Crippen molar-refractivity contribution in [3.8, 4) is 5.88 Å². The average Bonchev–Trinajstić information content (AvgIpc) is 3.11. The van der Waals surface area contributed by atoms with E-state index in [1.54, 1.807) is 7.11 Å². The number of hydrogen-bond donors (Lipinski definition) is 1. The molecule has 1 aromatic carbocycles. The SMILES string of the molecule is COc1ccc(N2CCN(C(=O)Cc3[nH]nc4ccccc34)CC2)cn1. The van der Waals surface area contributed by atoms with Crippen LogP contribution in [0.15, 0.2) is 42.6 Å². The minimum atomic E-state index is 0.131. The molecule has 3 heterocycles. The normalized spacial score (nSPS) is 14.7. The number of aromatic nitrogens is 3. The number of carbonyl (C=O) groups excluding carboxylic acids is 1. The predicted molar refractivity (Wildman–Crippen MR) is 99.4 cm³/mol. The fraction of sp³-hybridized carbons (Fsp3) is 0.316. The highest BCUT2D eigenvalue weighted by Gasteiger charge is 2.22. The molecule has 0 atom stereocenters. The first-order valence-corrected chi connectivity index (χ1v) is 8.69. The number of carbonyl (C=O) groups is 1. The first kappa shape index (κ1) is 16.4. The number of rotatable bonds is 4. The van der Waals surface area contributed by atoms with E-state index in [2.05, 4.69) is 20.1 Å². The van der Waals surface area contributed by atoms with Crippen molar-refractivity contribution >= 4 is 22.5 Å². The van der Waals surface area contributed by atoms with Gasteiger partial charge in [0.05, 0.1) is 36.6 Å². The number of hydrogen-bond acceptors (Lipinski definition) is 5. The standard InChI is InChI=1S/C19H21N5O2/c1-26-18-7-6-14(13-20-18)23-8-10-24(11-9-23)19(25)12-17-15-4-2-3-5-16(15)21-22-17/h2-7,13H,8-12H2,1H3,(H,21,22). The fourth-order valence-corrected chi connectivity index (χ4v) is 3.31. The third-order valence-corrected chi connectivity index (χ3v) is 4.80. The molecular weight excluding hydrogens is 330 g/mol. The van der Waals surface area contributed by atoms with Crippen LogP contribution < -0.4 is 9.64 Å². The molecule has 0 bridgehead atoms. The summed E-state index contributed by atoms with van der Waals surface area (Å²) in [5.74, 6) is 0.737. The Morgan fingerprint density at radius 1 is 1.15 bits per heavy atom. The second-order valence-electron chi connectivity index (χ2n) is 6.32. The van der Waals surface area contributed by atoms with Gasteiger partial charge in [-0.15, -0.1) is 0 Å². The van der Waals surface area contributed by atoms with Crippen molar-refractivity contribution in [1.82, 2.24) is 20.1 Å². The Morgan fingerprint density at radius 3 is 2.69 bits per heavy atom. The Bertz CT molecular complexity index is 898. The molecule has 0 unspecified atom stereocenters. The number of amides is 1. The Hall–Kier alpha value is -3.09. The van der Waals surface area contributed by atoms with Crippen molar-refractivity contribution in [2.75, 3.05) is 38.2 Å². The molecule has 26 heavy (non-hydrogen) atoms. The zero-order valence-corrected chi connectivity index (χ0v) is 14.7. The van der Waals surface area contributed by atoms with E-state index in [0.717, 1.165) is 35.4 Å². The van der Waals surface area contributed by atoms with Crippen molar-refractivity contribution in [3.63, 3.8) is 0 Å². The molecule has 0 radical (unpaired) electrons. The van der Waals surface area contributed by atoms with Gasteiger partial charge in [0, 0.05) is 37.6 Å². The van der Waals surface area contributed by atoms with Gasteiger partial charge < -0.3 is 14.5 Å². The van der Waals surface area contributed by atoms with Gasteiger partial charge in [-0.05, 0) is 12.1 Å². The molecule has 1 N–H and O–H groups in total. The summed E-state index contributed by atoms with van der Waals surface area (Å²) in [6.45, 7) is 3.00. The maximum absolute atomic E-state index is 12.7. The van der Waals surface area contributed by atoms with Crippen LogP contribution in [-0.2, 0) is 11.2 Å². The number of anilines is 1. The molecule has 4 rings (SSSR count). The van der Waals surface area contributed by atoms with Gasteiger partial charge in [-0.3, -0.25) is 9.89 Å². The highest BCUT2D eigenvalue weighted by molar-refractivity contribution is 5.87. The van der Waals surface area contributed by atoms with Crippen LogP contribution in [0.5, 0.6) is 5.88 Å². The van der Waals surface area contributed by atoms with Gasteiger partial charge in [-0.25, -0.2) is 4.98 Å². The lowest BCUT2D eigenvalue weighted by molar-refractivity contribution is -0.130. The van der Waals surface area contributed by atoms with Crippen molar-refractivity contribution < 1.29 is 9.53 Å². The molecule has 3 aromatic rings. The molecule has 0 saturated carbocycles. The second-order valence-corrected chi connectivity index (χ2v) is 6.32. The van der Waals surface area contributed by atoms with E-state index in [0.29, 0.717) is 25.4 Å². The van der Waals surface area contributed by atoms with Crippen LogP contribution in [0.4, 0.5) is 5.69 Å². The van der Waals surface area contributed by atoms with Crippen LogP contribution >= 0.6 is 0 Å². The summed E-state index contributed by atoms with van der Waals surface area (Å²) in [4.78, 5) is 21.1. The summed E-state index contributed by atoms with van der Waals surface area (Å²) in [6, 6.07) is 11.7. The highest BCUT2D eigenvalue weighted by Crippen LogP contribution is 2.19. The number of benzene rings is 1. The number of nitrogens with zero attached hydrogens (tertiary/aromatic N) is 4. The van der Waals surface area contributed by atoms with E-state index < -0.39 is 0 Å². The molecule has 1 aliphatic heterocycles. The maximum atomic E-state index is 12.7. The molecule has 0 spiro atoms. The molecule has 2 aromatic heterocycles. The van der Waals surface area contributed by atoms with Crippen LogP contribution in [0.2, 0.25) is 0 Å². The second kappa shape index (κ2) is 7.03. The third-order valence-electron chi connectivity index (χ3n) is 4.80. The number of aromatic amines is 1. The van der Waals surface area contributed by atoms with E-state index in [-0.39, 0.29) is 5.91 Å². The van der Waals surface area contributed by atoms with Crippen molar-refractivity contribution in [3.05, 3.63) is 48.3 Å². The van der Waals surface area contributed by atoms with Gasteiger partial charge in [0.15, 0.2) is 0 Å². The maximum Gasteiger partial charge on any atom is 0.228 e. The minimum absolute atomic E-state index is 0.131. The number of piperazine rings is 1. The molecule has 1 saturated heterocycles. The van der Waals surface area contributed by atoms with Gasteiger partial charge in [0.1, 0.15) is 0 Å². The number of pyridine rings is 1. The lowest BCUT2D eigenvalue weighted by Gasteiger charge is -2.36. The smallest absolute Gasteiger partial charge is 0.228 e. The number of methoxy groups -OCH3 is 1. The minimum Gasteiger partial charge on any atom is -0.481 e. The van der Waals surface area contributed by atoms with Gasteiger partial charge in [0.25, 0.3) is 0 Å². The topological polar surface area (TPSA) is 74.3 Å². The highest BCUT2D eigenvalue weighted by atomic mass is 16.5. The third kappa shape index (κ3) is 3.20. The summed E-state index contributed by atoms with van der Waals surface area (Å²) >= 11 is 0. The van der Waals surface area contributed by atoms with Crippen LogP contribution in [-0.4, -0.2) is 59.3 Å². The fourth-order valence-electron chi connectivity index (χ4n) is 3.31. The summed E-state index contributed by atoms with van der Waals surface area (Å²) in [6.07, 6.45) is 2.16. The van der Waals surface area contributed by atoms with Crippen LogP contribution in [0.25, 0.3) is 10.9 Å². The molecule has 7 heteroatoms. The molecule has 0 aliphatic carbocycles. The zero-order valence-electron chi connectivity index (χ0n) is 14.7. The molecule has 134 valence electrons. The Kier molecular flexibility index (Phi) is 4.43. The molecular formula is C19H21N5O2. The number of para-hydroxylation sites is 1. The first-order valence-electron chi connectivity index (χ1n) is 8.69. The molecule has 1 aliphatic rings. The van der Waals surface area contributed by atoms with Crippen LogP contribution in [0, 0.1) is 0 Å². The predicted octanol–water partition coefficient (Wildman–Crippen LogP) is 1.86. The largest absolute Gasteiger partial charge is 0.481 e. The van der Waals surface area contributed by atoms with Gasteiger partial charge in [-0.2, -0.15) is 5.10 Å². The van der Waals surface area contributed by atoms with E-state index in [1.165, 1.54) is 0 Å². The summed E-state index contributed by atoms with van der Waals surface area (Å²) < 4.78 is 5.09. The van der Waals surface area contributed by atoms with Crippen molar-refractivity contribution in [2.45, 2.75) is 6.42 Å². The Morgan fingerprint density at radius 2 is 1.96 bits per heavy atom. The van der Waals surface area contributed by atoms with Gasteiger partial charge >= 0.3 is 0 Å². The first-order chi connectivity index (χ1) is 12.7. The Balaban J connectivity index is 1.37. The zero-order chi connectivity index (χ0) is 17.9. The van der Waals surface area contributed by atoms with Crippen LogP contribution in [0.3, 0.4) is 0 Å². The van der Waals surface area contributed by atoms with E-state index in [1.807, 2.05) is 47.5 Å². The molecule has 1 amide bonds. The number of fused-ring (bicyclic) bond motifs is 1. The summed E-state index contributed by atoms with van der Waals surface area (Å²) in [5, 5.41) is 8.28. The van der Waals surface area contributed by atoms with Crippen LogP contribution in [0.1, 0.15) is 5.69 Å². The lowest BCUT2D eigenvalue weighted by atomic mass is 10.1. The number of nitrogens with one attached hydrogen (secondary N) is 1. The van der Waals surface area contributed by atoms with E-state index in [9.17, 15) is 4.79 Å². The van der Waals surface area contributed by atoms with E-state index >= 15 is 0 Å². The molecule has 7 nitrogen and oxygen atoms in total. The summed E-state index contributed by atoms with van der Waals surface area (Å²) in [7, 11) is 1.61. The lowest BCUT2D eigenvalue weighted by Crippen LogP contribution is -2.49. The van der Waals surface area contributed by atoms with Gasteiger partial charge in [0.2, 0.25) is 11.8 Å².